The van der Waals surface area contributed by atoms with Gasteiger partial charge in [-0.2, -0.15) is 0 Å². The third kappa shape index (κ3) is 6.55. The second-order valence-electron chi connectivity index (χ2n) is 8.64. The van der Waals surface area contributed by atoms with Crippen LogP contribution < -0.4 is 4.72 Å². The van der Waals surface area contributed by atoms with Gasteiger partial charge in [0.05, 0.1) is 23.8 Å². The molecule has 1 N–H and O–H groups in total. The van der Waals surface area contributed by atoms with Gasteiger partial charge in [0.15, 0.2) is 6.04 Å². The summed E-state index contributed by atoms with van der Waals surface area (Å²) in [5.41, 5.74) is 3.48. The Kier molecular flexibility index (Phi) is 8.73. The van der Waals surface area contributed by atoms with Crippen LogP contribution in [-0.2, 0) is 19.6 Å². The lowest BCUT2D eigenvalue weighted by Crippen LogP contribution is -2.40. The predicted molar refractivity (Wildman–Crippen MR) is 150 cm³/mol. The van der Waals surface area contributed by atoms with Crippen LogP contribution in [0.5, 0.6) is 0 Å². The van der Waals surface area contributed by atoms with Crippen LogP contribution in [0.3, 0.4) is 0 Å². The van der Waals surface area contributed by atoms with E-state index in [2.05, 4.69) is 4.72 Å². The second-order valence-corrected chi connectivity index (χ2v) is 10.8. The van der Waals surface area contributed by atoms with Gasteiger partial charge in [-0.25, -0.2) is 17.9 Å². The smallest absolute Gasteiger partial charge is 0.332 e. The van der Waals surface area contributed by atoms with Crippen LogP contribution in [0.1, 0.15) is 28.3 Å². The third-order valence-corrected chi connectivity index (χ3v) is 7.67. The zero-order chi connectivity index (χ0) is 27.1. The number of carbonyl (C=O) groups is 1. The summed E-state index contributed by atoms with van der Waals surface area (Å²) in [6.45, 7) is 1.87. The molecule has 0 bridgehead atoms. The van der Waals surface area contributed by atoms with Crippen molar-refractivity contribution in [2.45, 2.75) is 23.9 Å². The van der Waals surface area contributed by atoms with Gasteiger partial charge in [0, 0.05) is 16.1 Å². The lowest BCUT2D eigenvalue weighted by Gasteiger charge is -2.25. The van der Waals surface area contributed by atoms with Gasteiger partial charge < -0.3 is 4.74 Å². The first-order valence-electron chi connectivity index (χ1n) is 11.9. The monoisotopic (exact) mass is 546 g/mol. The Morgan fingerprint density at radius 1 is 0.816 bits per heavy atom. The fraction of sp³-hybridized carbons (Fsp3) is 0.133. The van der Waals surface area contributed by atoms with Crippen LogP contribution in [0.2, 0.25) is 5.02 Å². The first-order valence-corrected chi connectivity index (χ1v) is 13.8. The number of aryl methyl sites for hydroxylation is 1. The Balaban J connectivity index is 1.89. The molecule has 194 valence electrons. The Labute approximate surface area is 228 Å². The number of carbonyl (C=O) groups excluding carboxylic acids is 1. The van der Waals surface area contributed by atoms with Crippen molar-refractivity contribution in [3.05, 3.63) is 136 Å². The highest BCUT2D eigenvalue weighted by Gasteiger charge is 2.35. The third-order valence-electron chi connectivity index (χ3n) is 5.96. The van der Waals surface area contributed by atoms with Crippen molar-refractivity contribution in [1.82, 2.24) is 4.72 Å². The molecule has 0 aliphatic rings. The Morgan fingerprint density at radius 2 is 1.34 bits per heavy atom. The Morgan fingerprint density at radius 3 is 1.84 bits per heavy atom. The summed E-state index contributed by atoms with van der Waals surface area (Å²) in [5, 5.41) is 0.473. The van der Waals surface area contributed by atoms with Gasteiger partial charge in [-0.05, 0) is 36.8 Å². The molecule has 0 fully saturated rings. The van der Waals surface area contributed by atoms with Crippen molar-refractivity contribution in [3.63, 3.8) is 0 Å². The molecular weight excluding hydrogens is 520 g/mol. The number of hydrogen-bond acceptors (Lipinski definition) is 5. The number of aliphatic imine (C=N–C) groups is 1. The van der Waals surface area contributed by atoms with E-state index in [1.54, 1.807) is 36.4 Å². The minimum atomic E-state index is -4.05. The van der Waals surface area contributed by atoms with Gasteiger partial charge >= 0.3 is 5.97 Å². The number of methoxy groups -OCH3 is 1. The Hall–Kier alpha value is -3.78. The molecule has 4 aromatic carbocycles. The van der Waals surface area contributed by atoms with Crippen molar-refractivity contribution >= 4 is 33.3 Å². The number of nitrogens with zero attached hydrogens (tertiary/aromatic N) is 1. The lowest BCUT2D eigenvalue weighted by atomic mass is 9.98. The molecule has 0 aliphatic heterocycles. The van der Waals surface area contributed by atoms with Gasteiger partial charge in [-0.1, -0.05) is 102 Å². The SMILES string of the molecule is COC(=O)[C@@H](N=C(c1ccccc1)c1ccccc1)[C@H](NS(=O)(=O)c1ccc(C)cc1)c1ccc(Cl)cc1. The maximum atomic E-state index is 13.5. The van der Waals surface area contributed by atoms with E-state index in [1.807, 2.05) is 67.6 Å². The number of rotatable bonds is 9. The summed E-state index contributed by atoms with van der Waals surface area (Å²) in [4.78, 5) is 18.2. The first-order chi connectivity index (χ1) is 18.3. The van der Waals surface area contributed by atoms with Crippen LogP contribution in [0, 0.1) is 6.92 Å². The fourth-order valence-electron chi connectivity index (χ4n) is 3.97. The number of hydrogen-bond donors (Lipinski definition) is 1. The van der Waals surface area contributed by atoms with Crippen molar-refractivity contribution in [2.75, 3.05) is 7.11 Å². The minimum Gasteiger partial charge on any atom is -0.467 e. The normalized spacial score (nSPS) is 12.8. The molecule has 8 heteroatoms. The van der Waals surface area contributed by atoms with Gasteiger partial charge in [-0.15, -0.1) is 0 Å². The molecule has 4 aromatic rings. The van der Waals surface area contributed by atoms with Crippen molar-refractivity contribution in [3.8, 4) is 0 Å². The molecule has 38 heavy (non-hydrogen) atoms. The van der Waals surface area contributed by atoms with E-state index in [1.165, 1.54) is 19.2 Å². The molecule has 0 aromatic heterocycles. The number of sulfonamides is 1. The highest BCUT2D eigenvalue weighted by atomic mass is 35.5. The van der Waals surface area contributed by atoms with E-state index < -0.39 is 28.1 Å². The van der Waals surface area contributed by atoms with E-state index in [-0.39, 0.29) is 4.90 Å². The van der Waals surface area contributed by atoms with Crippen molar-refractivity contribution in [2.24, 2.45) is 4.99 Å². The lowest BCUT2D eigenvalue weighted by molar-refractivity contribution is -0.142. The molecule has 6 nitrogen and oxygen atoms in total. The van der Waals surface area contributed by atoms with E-state index >= 15 is 0 Å². The topological polar surface area (TPSA) is 84.8 Å². The van der Waals surface area contributed by atoms with Crippen molar-refractivity contribution in [1.29, 1.82) is 0 Å². The maximum absolute atomic E-state index is 13.5. The number of nitrogens with one attached hydrogen (secondary N) is 1. The quantitative estimate of drug-likeness (QED) is 0.214. The average Bonchev–Trinajstić information content (AvgIpc) is 2.94. The Bertz CT molecular complexity index is 1470. The second kappa shape index (κ2) is 12.2. The molecule has 0 heterocycles. The molecule has 0 spiro atoms. The summed E-state index contributed by atoms with van der Waals surface area (Å²) in [6, 6.07) is 29.5. The summed E-state index contributed by atoms with van der Waals surface area (Å²) in [5.74, 6) is -0.694. The van der Waals surface area contributed by atoms with Gasteiger partial charge in [0.25, 0.3) is 0 Å². The summed E-state index contributed by atoms with van der Waals surface area (Å²) < 4.78 is 34.8. The number of ether oxygens (including phenoxy) is 1. The van der Waals surface area contributed by atoms with E-state index in [0.29, 0.717) is 16.3 Å². The fourth-order valence-corrected chi connectivity index (χ4v) is 5.32. The number of halogens is 1. The molecule has 0 aliphatic carbocycles. The van der Waals surface area contributed by atoms with Crippen LogP contribution in [0.4, 0.5) is 0 Å². The van der Waals surface area contributed by atoms with Crippen LogP contribution in [0.15, 0.2) is 119 Å². The molecule has 0 unspecified atom stereocenters. The molecule has 0 saturated heterocycles. The molecular formula is C30H27ClN2O4S. The standard InChI is InChI=1S/C30H27ClN2O4S/c1-21-13-19-26(20-14-21)38(35,36)33-28(24-15-17-25(31)18-16-24)29(30(34)37-2)32-27(22-9-5-3-6-10-22)23-11-7-4-8-12-23/h3-20,28-29,33H,1-2H3/t28-,29+/m1/s1. The maximum Gasteiger partial charge on any atom is 0.332 e. The van der Waals surface area contributed by atoms with Gasteiger partial charge in [0.2, 0.25) is 10.0 Å². The minimum absolute atomic E-state index is 0.0704. The van der Waals surface area contributed by atoms with Crippen molar-refractivity contribution < 1.29 is 17.9 Å². The van der Waals surface area contributed by atoms with Crippen LogP contribution >= 0.6 is 11.6 Å². The summed E-state index contributed by atoms with van der Waals surface area (Å²) >= 11 is 6.12. The van der Waals surface area contributed by atoms with E-state index in [4.69, 9.17) is 21.3 Å². The zero-order valence-corrected chi connectivity index (χ0v) is 22.5. The van der Waals surface area contributed by atoms with E-state index in [9.17, 15) is 13.2 Å². The zero-order valence-electron chi connectivity index (χ0n) is 20.9. The molecule has 2 atom stereocenters. The first kappa shape index (κ1) is 27.3. The molecule has 0 radical (unpaired) electrons. The average molecular weight is 547 g/mol. The highest BCUT2D eigenvalue weighted by molar-refractivity contribution is 7.89. The predicted octanol–water partition coefficient (Wildman–Crippen LogP) is 5.75. The van der Waals surface area contributed by atoms with E-state index in [0.717, 1.165) is 16.7 Å². The van der Waals surface area contributed by atoms with Gasteiger partial charge in [-0.3, -0.25) is 4.99 Å². The summed E-state index contributed by atoms with van der Waals surface area (Å²) in [6.07, 6.45) is 0. The van der Waals surface area contributed by atoms with Crippen LogP contribution in [0.25, 0.3) is 0 Å². The van der Waals surface area contributed by atoms with Crippen LogP contribution in [-0.4, -0.2) is 33.3 Å². The molecule has 4 rings (SSSR count). The molecule has 0 amide bonds. The summed E-state index contributed by atoms with van der Waals surface area (Å²) in [7, 11) is -2.79. The number of benzene rings is 4. The largest absolute Gasteiger partial charge is 0.467 e. The molecule has 0 saturated carbocycles. The number of esters is 1. The highest BCUT2D eigenvalue weighted by Crippen LogP contribution is 2.27. The van der Waals surface area contributed by atoms with Gasteiger partial charge in [0.1, 0.15) is 0 Å².